The number of nitrogens with one attached hydrogen (secondary N) is 1. The average molecular weight is 288 g/mol. The van der Waals surface area contributed by atoms with E-state index < -0.39 is 0 Å². The Morgan fingerprint density at radius 3 is 3.00 bits per heavy atom. The highest BCUT2D eigenvalue weighted by atomic mass is 16.5. The number of hydrogen-bond acceptors (Lipinski definition) is 4. The molecule has 0 aromatic heterocycles. The molecule has 112 valence electrons. The van der Waals surface area contributed by atoms with Crippen LogP contribution in [0.3, 0.4) is 0 Å². The van der Waals surface area contributed by atoms with Crippen molar-refractivity contribution in [2.24, 2.45) is 5.92 Å². The predicted molar refractivity (Wildman–Crippen MR) is 78.8 cm³/mol. The summed E-state index contributed by atoms with van der Waals surface area (Å²) in [5.41, 5.74) is 1.17. The molecule has 0 spiro atoms. The van der Waals surface area contributed by atoms with E-state index in [1.165, 1.54) is 0 Å². The van der Waals surface area contributed by atoms with Gasteiger partial charge in [0.1, 0.15) is 0 Å². The van der Waals surface area contributed by atoms with E-state index in [-0.39, 0.29) is 5.91 Å². The van der Waals surface area contributed by atoms with Crippen molar-refractivity contribution in [1.29, 1.82) is 5.26 Å². The molecule has 0 aliphatic carbocycles. The maximum absolute atomic E-state index is 11.8. The maximum atomic E-state index is 11.8. The van der Waals surface area contributed by atoms with Crippen molar-refractivity contribution in [3.8, 4) is 6.07 Å². The zero-order chi connectivity index (χ0) is 14.9. The van der Waals surface area contributed by atoms with E-state index in [1.54, 1.807) is 24.3 Å². The first-order valence-corrected chi connectivity index (χ1v) is 7.23. The number of benzene rings is 1. The lowest BCUT2D eigenvalue weighted by atomic mass is 10.0. The Kier molecular flexibility index (Phi) is 6.20. The lowest BCUT2D eigenvalue weighted by Crippen LogP contribution is -2.21. The summed E-state index contributed by atoms with van der Waals surface area (Å²) in [5.74, 6) is 0.450. The van der Waals surface area contributed by atoms with Crippen LogP contribution in [0.2, 0.25) is 0 Å². The van der Waals surface area contributed by atoms with Gasteiger partial charge in [-0.3, -0.25) is 4.79 Å². The zero-order valence-corrected chi connectivity index (χ0v) is 12.0. The molecule has 1 N–H and O–H groups in total. The van der Waals surface area contributed by atoms with E-state index >= 15 is 0 Å². The molecular weight excluding hydrogens is 268 g/mol. The molecule has 2 rings (SSSR count). The molecule has 0 unspecified atom stereocenters. The van der Waals surface area contributed by atoms with Gasteiger partial charge in [-0.05, 0) is 37.0 Å². The molecule has 5 heteroatoms. The summed E-state index contributed by atoms with van der Waals surface area (Å²) >= 11 is 0. The highest BCUT2D eigenvalue weighted by Crippen LogP contribution is 2.15. The Hall–Kier alpha value is -1.90. The van der Waals surface area contributed by atoms with E-state index in [4.69, 9.17) is 14.7 Å². The summed E-state index contributed by atoms with van der Waals surface area (Å²) in [6.07, 6.45) is 2.39. The molecule has 0 bridgehead atoms. The van der Waals surface area contributed by atoms with Crippen LogP contribution in [0.25, 0.3) is 0 Å². The fourth-order valence-electron chi connectivity index (χ4n) is 2.22. The average Bonchev–Trinajstić information content (AvgIpc) is 2.53. The number of ether oxygens (including phenoxy) is 2. The molecule has 1 aliphatic heterocycles. The first kappa shape index (κ1) is 15.5. The minimum atomic E-state index is -0.0999. The minimum absolute atomic E-state index is 0.0999. The second-order valence-corrected chi connectivity index (χ2v) is 5.12. The molecule has 1 aromatic carbocycles. The molecule has 1 aromatic rings. The number of carbonyl (C=O) groups is 1. The van der Waals surface area contributed by atoms with Crippen LogP contribution < -0.4 is 5.32 Å². The molecular formula is C16H20N2O3. The van der Waals surface area contributed by atoms with Gasteiger partial charge in [-0.25, -0.2) is 0 Å². The molecule has 1 aliphatic rings. The quantitative estimate of drug-likeness (QED) is 0.815. The highest BCUT2D eigenvalue weighted by molar-refractivity contribution is 5.90. The SMILES string of the molecule is N#Cc1cccc(NC(=O)CCOCC2CCOCC2)c1. The predicted octanol–water partition coefficient (Wildman–Crippen LogP) is 2.33. The number of nitrogens with zero attached hydrogens (tertiary/aromatic N) is 1. The molecule has 1 saturated heterocycles. The number of nitriles is 1. The third-order valence-corrected chi connectivity index (χ3v) is 3.44. The van der Waals surface area contributed by atoms with Gasteiger partial charge in [-0.15, -0.1) is 0 Å². The summed E-state index contributed by atoms with van der Waals surface area (Å²) in [6.45, 7) is 2.73. The van der Waals surface area contributed by atoms with Crippen LogP contribution in [0.15, 0.2) is 24.3 Å². The Morgan fingerprint density at radius 1 is 1.43 bits per heavy atom. The Bertz CT molecular complexity index is 504. The van der Waals surface area contributed by atoms with Gasteiger partial charge < -0.3 is 14.8 Å². The topological polar surface area (TPSA) is 71.4 Å². The number of amides is 1. The van der Waals surface area contributed by atoms with Crippen LogP contribution in [-0.2, 0) is 14.3 Å². The van der Waals surface area contributed by atoms with Gasteiger partial charge in [0, 0.05) is 25.5 Å². The molecule has 0 radical (unpaired) electrons. The van der Waals surface area contributed by atoms with E-state index in [0.29, 0.717) is 36.8 Å². The fourth-order valence-corrected chi connectivity index (χ4v) is 2.22. The van der Waals surface area contributed by atoms with Crippen molar-refractivity contribution >= 4 is 11.6 Å². The Labute approximate surface area is 124 Å². The van der Waals surface area contributed by atoms with Crippen LogP contribution in [0.4, 0.5) is 5.69 Å². The minimum Gasteiger partial charge on any atom is -0.381 e. The number of carbonyl (C=O) groups excluding carboxylic acids is 1. The van der Waals surface area contributed by atoms with Crippen LogP contribution >= 0.6 is 0 Å². The number of anilines is 1. The standard InChI is InChI=1S/C16H20N2O3/c17-11-14-2-1-3-15(10-14)18-16(19)6-9-21-12-13-4-7-20-8-5-13/h1-3,10,13H,4-9,12H2,(H,18,19). The summed E-state index contributed by atoms with van der Waals surface area (Å²) in [5, 5.41) is 11.6. The monoisotopic (exact) mass is 288 g/mol. The fraction of sp³-hybridized carbons (Fsp3) is 0.500. The maximum Gasteiger partial charge on any atom is 0.226 e. The van der Waals surface area contributed by atoms with Gasteiger partial charge in [-0.2, -0.15) is 5.26 Å². The Morgan fingerprint density at radius 2 is 2.24 bits per heavy atom. The molecule has 1 heterocycles. The van der Waals surface area contributed by atoms with Gasteiger partial charge in [0.2, 0.25) is 5.91 Å². The van der Waals surface area contributed by atoms with Crippen LogP contribution in [0, 0.1) is 17.2 Å². The summed E-state index contributed by atoms with van der Waals surface area (Å²) < 4.78 is 10.8. The van der Waals surface area contributed by atoms with Crippen molar-refractivity contribution in [3.05, 3.63) is 29.8 Å². The second kappa shape index (κ2) is 8.40. The smallest absolute Gasteiger partial charge is 0.226 e. The van der Waals surface area contributed by atoms with Crippen molar-refractivity contribution < 1.29 is 14.3 Å². The van der Waals surface area contributed by atoms with Crippen molar-refractivity contribution in [1.82, 2.24) is 0 Å². The summed E-state index contributed by atoms with van der Waals surface area (Å²) in [4.78, 5) is 11.8. The summed E-state index contributed by atoms with van der Waals surface area (Å²) in [6, 6.07) is 8.91. The Balaban J connectivity index is 1.64. The lowest BCUT2D eigenvalue weighted by Gasteiger charge is -2.21. The van der Waals surface area contributed by atoms with Gasteiger partial charge in [0.05, 0.1) is 24.7 Å². The largest absolute Gasteiger partial charge is 0.381 e. The first-order valence-electron chi connectivity index (χ1n) is 7.23. The van der Waals surface area contributed by atoms with Gasteiger partial charge in [0.25, 0.3) is 0 Å². The summed E-state index contributed by atoms with van der Waals surface area (Å²) in [7, 11) is 0. The third-order valence-electron chi connectivity index (χ3n) is 3.44. The highest BCUT2D eigenvalue weighted by Gasteiger charge is 2.13. The molecule has 0 saturated carbocycles. The molecule has 1 amide bonds. The van der Waals surface area contributed by atoms with Crippen LogP contribution in [0.5, 0.6) is 0 Å². The molecule has 0 atom stereocenters. The van der Waals surface area contributed by atoms with E-state index in [1.807, 2.05) is 6.07 Å². The second-order valence-electron chi connectivity index (χ2n) is 5.12. The zero-order valence-electron chi connectivity index (χ0n) is 12.0. The normalized spacial score (nSPS) is 15.4. The van der Waals surface area contributed by atoms with Gasteiger partial charge in [-0.1, -0.05) is 6.07 Å². The number of rotatable bonds is 6. The van der Waals surface area contributed by atoms with E-state index in [2.05, 4.69) is 5.32 Å². The van der Waals surface area contributed by atoms with Crippen molar-refractivity contribution in [3.63, 3.8) is 0 Å². The van der Waals surface area contributed by atoms with Crippen LogP contribution in [-0.4, -0.2) is 32.3 Å². The van der Waals surface area contributed by atoms with Crippen molar-refractivity contribution in [2.75, 3.05) is 31.7 Å². The van der Waals surface area contributed by atoms with Crippen LogP contribution in [0.1, 0.15) is 24.8 Å². The van der Waals surface area contributed by atoms with Gasteiger partial charge >= 0.3 is 0 Å². The third kappa shape index (κ3) is 5.54. The molecule has 21 heavy (non-hydrogen) atoms. The lowest BCUT2D eigenvalue weighted by molar-refractivity contribution is -0.117. The molecule has 1 fully saturated rings. The van der Waals surface area contributed by atoms with E-state index in [0.717, 1.165) is 26.1 Å². The number of hydrogen-bond donors (Lipinski definition) is 1. The van der Waals surface area contributed by atoms with Crippen molar-refractivity contribution in [2.45, 2.75) is 19.3 Å². The van der Waals surface area contributed by atoms with Gasteiger partial charge in [0.15, 0.2) is 0 Å². The first-order chi connectivity index (χ1) is 10.3. The molecule has 5 nitrogen and oxygen atoms in total. The van der Waals surface area contributed by atoms with E-state index in [9.17, 15) is 4.79 Å².